The fourth-order valence-corrected chi connectivity index (χ4v) is 0. The van der Waals surface area contributed by atoms with Gasteiger partial charge in [0.15, 0.2) is 0 Å². The van der Waals surface area contributed by atoms with E-state index in [-0.39, 0.29) is 13.2 Å². The summed E-state index contributed by atoms with van der Waals surface area (Å²) in [4.78, 5) is 9.57. The van der Waals surface area contributed by atoms with E-state index < -0.39 is 11.3 Å². The van der Waals surface area contributed by atoms with Crippen LogP contribution in [0, 0.1) is 0 Å². The minimum absolute atomic E-state index is 0.125. The first-order chi connectivity index (χ1) is 4.56. The van der Waals surface area contributed by atoms with Crippen LogP contribution in [0.25, 0.3) is 0 Å². The van der Waals surface area contributed by atoms with Gasteiger partial charge in [-0.2, -0.15) is 0 Å². The highest BCUT2D eigenvalue weighted by Crippen LogP contribution is 1.89. The summed E-state index contributed by atoms with van der Waals surface area (Å²) in [5.41, 5.74) is 0. The number of alkyl halides is 1. The van der Waals surface area contributed by atoms with Gasteiger partial charge in [0.25, 0.3) is 0 Å². The highest BCUT2D eigenvalue weighted by Gasteiger charge is 2.02. The molecular formula is C5H11ClO4. The maximum absolute atomic E-state index is 9.57. The summed E-state index contributed by atoms with van der Waals surface area (Å²) in [6, 6.07) is 0. The average molecular weight is 171 g/mol. The second-order valence-corrected chi connectivity index (χ2v) is 2.06. The molecule has 0 aliphatic heterocycles. The summed E-state index contributed by atoms with van der Waals surface area (Å²) >= 11 is 5.01. The molecule has 0 aliphatic rings. The topological polar surface area (TPSA) is 77.8 Å². The fourth-order valence-electron chi connectivity index (χ4n) is 0. The molecule has 0 rings (SSSR count). The lowest BCUT2D eigenvalue weighted by molar-refractivity contribution is -0.136. The Bertz CT molecular complexity index is 81.7. The predicted molar refractivity (Wildman–Crippen MR) is 37.1 cm³/mol. The van der Waals surface area contributed by atoms with E-state index in [0.29, 0.717) is 0 Å². The third-order valence-electron chi connectivity index (χ3n) is 0.440. The van der Waals surface area contributed by atoms with E-state index in [1.165, 1.54) is 6.92 Å². The molecule has 0 spiro atoms. The lowest BCUT2D eigenvalue weighted by Gasteiger charge is -1.86. The van der Waals surface area contributed by atoms with Crippen molar-refractivity contribution in [1.29, 1.82) is 0 Å². The van der Waals surface area contributed by atoms with Gasteiger partial charge < -0.3 is 15.3 Å². The Morgan fingerprint density at radius 2 is 1.70 bits per heavy atom. The zero-order chi connectivity index (χ0) is 8.57. The van der Waals surface area contributed by atoms with Gasteiger partial charge >= 0.3 is 5.97 Å². The first-order valence-corrected chi connectivity index (χ1v) is 3.08. The van der Waals surface area contributed by atoms with E-state index in [2.05, 4.69) is 0 Å². The quantitative estimate of drug-likeness (QED) is 0.496. The number of aliphatic carboxylic acids is 1. The standard InChI is InChI=1S/C3H5ClO2.C2H6O2/c1-2(4)3(5)6;3-1-2-4/h2H,1H3,(H,5,6);3-4H,1-2H2. The van der Waals surface area contributed by atoms with Gasteiger partial charge in [0.2, 0.25) is 0 Å². The van der Waals surface area contributed by atoms with Crippen LogP contribution in [0.5, 0.6) is 0 Å². The smallest absolute Gasteiger partial charge is 0.321 e. The highest BCUT2D eigenvalue weighted by molar-refractivity contribution is 6.29. The zero-order valence-electron chi connectivity index (χ0n) is 5.62. The SMILES string of the molecule is CC(Cl)C(=O)O.OCCO. The van der Waals surface area contributed by atoms with Crippen LogP contribution in [-0.4, -0.2) is 39.9 Å². The summed E-state index contributed by atoms with van der Waals surface area (Å²) in [6.07, 6.45) is 0. The van der Waals surface area contributed by atoms with Crippen LogP contribution in [0.4, 0.5) is 0 Å². The summed E-state index contributed by atoms with van der Waals surface area (Å²) in [6.45, 7) is 1.16. The predicted octanol–water partition coefficient (Wildman–Crippen LogP) is -0.331. The number of hydrogen-bond donors (Lipinski definition) is 3. The van der Waals surface area contributed by atoms with E-state index in [1.807, 2.05) is 0 Å². The lowest BCUT2D eigenvalue weighted by Crippen LogP contribution is -2.06. The number of hydrogen-bond acceptors (Lipinski definition) is 3. The maximum Gasteiger partial charge on any atom is 0.321 e. The number of aliphatic hydroxyl groups excluding tert-OH is 2. The van der Waals surface area contributed by atoms with Crippen molar-refractivity contribution in [3.8, 4) is 0 Å². The summed E-state index contributed by atoms with van der Waals surface area (Å²) in [7, 11) is 0. The number of rotatable bonds is 2. The summed E-state index contributed by atoms with van der Waals surface area (Å²) < 4.78 is 0. The molecule has 0 aromatic rings. The Kier molecular flexibility index (Phi) is 10.7. The first kappa shape index (κ1) is 12.4. The third kappa shape index (κ3) is 15.6. The van der Waals surface area contributed by atoms with Gasteiger partial charge in [0.1, 0.15) is 5.38 Å². The van der Waals surface area contributed by atoms with Crippen LogP contribution < -0.4 is 0 Å². The Labute approximate surface area is 64.1 Å². The van der Waals surface area contributed by atoms with Gasteiger partial charge in [0, 0.05) is 0 Å². The lowest BCUT2D eigenvalue weighted by atomic mass is 10.5. The van der Waals surface area contributed by atoms with Gasteiger partial charge in [-0.05, 0) is 6.92 Å². The van der Waals surface area contributed by atoms with Crippen molar-refractivity contribution in [2.24, 2.45) is 0 Å². The molecule has 0 amide bonds. The molecular weight excluding hydrogens is 160 g/mol. The Morgan fingerprint density at radius 3 is 1.70 bits per heavy atom. The molecule has 4 nitrogen and oxygen atoms in total. The minimum atomic E-state index is -0.975. The first-order valence-electron chi connectivity index (χ1n) is 2.64. The monoisotopic (exact) mass is 170 g/mol. The van der Waals surface area contributed by atoms with Crippen molar-refractivity contribution >= 4 is 17.6 Å². The third-order valence-corrected chi connectivity index (χ3v) is 0.627. The van der Waals surface area contributed by atoms with Crippen molar-refractivity contribution < 1.29 is 20.1 Å². The largest absolute Gasteiger partial charge is 0.480 e. The second kappa shape index (κ2) is 8.68. The molecule has 0 saturated heterocycles. The molecule has 0 heterocycles. The number of carboxylic acid groups (broad SMARTS) is 1. The molecule has 0 saturated carbocycles. The van der Waals surface area contributed by atoms with Crippen LogP contribution >= 0.6 is 11.6 Å². The molecule has 0 bridgehead atoms. The summed E-state index contributed by atoms with van der Waals surface area (Å²) in [5.74, 6) is -0.975. The number of carbonyl (C=O) groups is 1. The molecule has 3 N–H and O–H groups in total. The van der Waals surface area contributed by atoms with Crippen LogP contribution in [0.3, 0.4) is 0 Å². The molecule has 1 atom stereocenters. The fraction of sp³-hybridized carbons (Fsp3) is 0.800. The molecule has 0 radical (unpaired) electrons. The molecule has 10 heavy (non-hydrogen) atoms. The van der Waals surface area contributed by atoms with Gasteiger partial charge in [-0.3, -0.25) is 4.79 Å². The number of halogens is 1. The zero-order valence-corrected chi connectivity index (χ0v) is 6.38. The Morgan fingerprint density at radius 1 is 1.50 bits per heavy atom. The molecule has 0 fully saturated rings. The summed E-state index contributed by atoms with van der Waals surface area (Å²) in [5, 5.41) is 22.3. The van der Waals surface area contributed by atoms with E-state index in [1.54, 1.807) is 0 Å². The van der Waals surface area contributed by atoms with Crippen LogP contribution in [-0.2, 0) is 4.79 Å². The molecule has 5 heteroatoms. The minimum Gasteiger partial charge on any atom is -0.480 e. The molecule has 0 aromatic carbocycles. The molecule has 0 aromatic heterocycles. The number of aliphatic hydroxyl groups is 2. The van der Waals surface area contributed by atoms with Gasteiger partial charge in [-0.1, -0.05) is 0 Å². The van der Waals surface area contributed by atoms with Crippen molar-refractivity contribution in [3.63, 3.8) is 0 Å². The van der Waals surface area contributed by atoms with Crippen LogP contribution in [0.2, 0.25) is 0 Å². The van der Waals surface area contributed by atoms with Gasteiger partial charge in [-0.15, -0.1) is 11.6 Å². The van der Waals surface area contributed by atoms with E-state index >= 15 is 0 Å². The normalized spacial score (nSPS) is 11.2. The molecule has 62 valence electrons. The second-order valence-electron chi connectivity index (χ2n) is 1.40. The highest BCUT2D eigenvalue weighted by atomic mass is 35.5. The van der Waals surface area contributed by atoms with Gasteiger partial charge in [0.05, 0.1) is 13.2 Å². The van der Waals surface area contributed by atoms with Gasteiger partial charge in [-0.25, -0.2) is 0 Å². The number of carboxylic acids is 1. The van der Waals surface area contributed by atoms with Crippen molar-refractivity contribution in [1.82, 2.24) is 0 Å². The average Bonchev–Trinajstić information content (AvgIpc) is 1.89. The van der Waals surface area contributed by atoms with Crippen LogP contribution in [0.15, 0.2) is 0 Å². The Hall–Kier alpha value is -0.320. The van der Waals surface area contributed by atoms with E-state index in [4.69, 9.17) is 26.9 Å². The van der Waals surface area contributed by atoms with E-state index in [0.717, 1.165) is 0 Å². The molecule has 0 aliphatic carbocycles. The molecule has 1 unspecified atom stereocenters. The van der Waals surface area contributed by atoms with Crippen LogP contribution in [0.1, 0.15) is 6.92 Å². The van der Waals surface area contributed by atoms with Crippen molar-refractivity contribution in [3.05, 3.63) is 0 Å². The maximum atomic E-state index is 9.57. The van der Waals surface area contributed by atoms with E-state index in [9.17, 15) is 4.79 Å². The van der Waals surface area contributed by atoms with Crippen molar-refractivity contribution in [2.75, 3.05) is 13.2 Å². The van der Waals surface area contributed by atoms with Crippen molar-refractivity contribution in [2.45, 2.75) is 12.3 Å². The Balaban J connectivity index is 0.